The van der Waals surface area contributed by atoms with Gasteiger partial charge in [0.15, 0.2) is 5.13 Å². The molecule has 4 heteroatoms. The van der Waals surface area contributed by atoms with Gasteiger partial charge in [-0.05, 0) is 34.6 Å². The van der Waals surface area contributed by atoms with Gasteiger partial charge in [0, 0.05) is 17.0 Å². The predicted molar refractivity (Wildman–Crippen MR) is 120 cm³/mol. The number of aryl methyl sites for hydroxylation is 1. The maximum absolute atomic E-state index is 12.2. The van der Waals surface area contributed by atoms with E-state index in [4.69, 9.17) is 0 Å². The van der Waals surface area contributed by atoms with E-state index >= 15 is 0 Å². The van der Waals surface area contributed by atoms with Gasteiger partial charge in [0.1, 0.15) is 0 Å². The van der Waals surface area contributed by atoms with Crippen LogP contribution in [0.5, 0.6) is 0 Å². The monoisotopic (exact) mass is 390 g/mol. The molecule has 0 aliphatic heterocycles. The van der Waals surface area contributed by atoms with Crippen LogP contribution < -0.4 is 5.32 Å². The fourth-order valence-electron chi connectivity index (χ4n) is 2.79. The zero-order valence-corrected chi connectivity index (χ0v) is 17.6. The molecule has 0 radical (unpaired) electrons. The number of carbonyl (C=O) groups excluding carboxylic acids is 1. The molecular weight excluding hydrogens is 364 g/mol. The van der Waals surface area contributed by atoms with E-state index in [0.717, 1.165) is 23.2 Å². The largest absolute Gasteiger partial charge is 0.298 e. The molecule has 3 nitrogen and oxygen atoms in total. The zero-order valence-electron chi connectivity index (χ0n) is 16.8. The highest BCUT2D eigenvalue weighted by atomic mass is 32.1. The highest BCUT2D eigenvalue weighted by Crippen LogP contribution is 2.25. The summed E-state index contributed by atoms with van der Waals surface area (Å²) in [5.41, 5.74) is 5.63. The molecular formula is C24H26N2OS. The summed E-state index contributed by atoms with van der Waals surface area (Å²) in [6.45, 7) is 8.70. The molecule has 3 rings (SSSR count). The van der Waals surface area contributed by atoms with E-state index < -0.39 is 0 Å². The van der Waals surface area contributed by atoms with Gasteiger partial charge in [-0.25, -0.2) is 4.98 Å². The third-order valence-electron chi connectivity index (χ3n) is 4.60. The minimum atomic E-state index is -0.179. The summed E-state index contributed by atoms with van der Waals surface area (Å²) in [4.78, 5) is 16.7. The zero-order chi connectivity index (χ0) is 20.1. The molecule has 0 spiro atoms. The van der Waals surface area contributed by atoms with Crippen molar-refractivity contribution < 1.29 is 4.79 Å². The van der Waals surface area contributed by atoms with Crippen molar-refractivity contribution in [2.24, 2.45) is 0 Å². The molecule has 0 aliphatic carbocycles. The van der Waals surface area contributed by atoms with Crippen LogP contribution in [0.15, 0.2) is 60.0 Å². The lowest BCUT2D eigenvalue weighted by Crippen LogP contribution is -2.10. The molecule has 0 fully saturated rings. The van der Waals surface area contributed by atoms with Gasteiger partial charge in [-0.1, -0.05) is 76.2 Å². The minimum Gasteiger partial charge on any atom is -0.298 e. The lowest BCUT2D eigenvalue weighted by molar-refractivity contribution is -0.111. The Kier molecular flexibility index (Phi) is 6.10. The first-order chi connectivity index (χ1) is 13.3. The van der Waals surface area contributed by atoms with Gasteiger partial charge in [-0.2, -0.15) is 0 Å². The third kappa shape index (κ3) is 5.17. The Morgan fingerprint density at radius 3 is 2.36 bits per heavy atom. The topological polar surface area (TPSA) is 42.0 Å². The van der Waals surface area contributed by atoms with Crippen LogP contribution in [-0.2, 0) is 16.6 Å². The van der Waals surface area contributed by atoms with Gasteiger partial charge in [-0.15, -0.1) is 11.3 Å². The summed E-state index contributed by atoms with van der Waals surface area (Å²) >= 11 is 1.43. The van der Waals surface area contributed by atoms with Crippen LogP contribution in [-0.4, -0.2) is 10.9 Å². The minimum absolute atomic E-state index is 0.124. The number of aromatic nitrogens is 1. The van der Waals surface area contributed by atoms with Gasteiger partial charge in [0.2, 0.25) is 5.91 Å². The van der Waals surface area contributed by atoms with Crippen LogP contribution in [0.3, 0.4) is 0 Å². The Hall–Kier alpha value is -2.72. The van der Waals surface area contributed by atoms with E-state index in [0.29, 0.717) is 5.13 Å². The number of amides is 1. The third-order valence-corrected chi connectivity index (χ3v) is 5.35. The van der Waals surface area contributed by atoms with Crippen LogP contribution in [0.2, 0.25) is 0 Å². The van der Waals surface area contributed by atoms with Gasteiger partial charge < -0.3 is 0 Å². The first kappa shape index (κ1) is 20.0. The first-order valence-electron chi connectivity index (χ1n) is 9.49. The van der Waals surface area contributed by atoms with E-state index in [-0.39, 0.29) is 11.3 Å². The summed E-state index contributed by atoms with van der Waals surface area (Å²) in [5, 5.41) is 5.41. The summed E-state index contributed by atoms with van der Waals surface area (Å²) in [7, 11) is 0. The SMILES string of the molecule is CCc1ccc(-c2csc(NC(=O)/C=C/c3ccc(C(C)(C)C)cc3)n2)cc1. The van der Waals surface area contributed by atoms with Gasteiger partial charge in [0.05, 0.1) is 5.69 Å². The lowest BCUT2D eigenvalue weighted by Gasteiger charge is -2.18. The quantitative estimate of drug-likeness (QED) is 0.518. The molecule has 144 valence electrons. The molecule has 0 unspecified atom stereocenters. The fraction of sp³-hybridized carbons (Fsp3) is 0.250. The molecule has 28 heavy (non-hydrogen) atoms. The van der Waals surface area contributed by atoms with Crippen LogP contribution in [0, 0.1) is 0 Å². The molecule has 0 bridgehead atoms. The van der Waals surface area contributed by atoms with Gasteiger partial charge in [-0.3, -0.25) is 10.1 Å². The van der Waals surface area contributed by atoms with Gasteiger partial charge in [0.25, 0.3) is 0 Å². The van der Waals surface area contributed by atoms with Crippen molar-refractivity contribution in [3.63, 3.8) is 0 Å². The lowest BCUT2D eigenvalue weighted by atomic mass is 9.87. The summed E-state index contributed by atoms with van der Waals surface area (Å²) in [6, 6.07) is 16.6. The second-order valence-electron chi connectivity index (χ2n) is 7.78. The summed E-state index contributed by atoms with van der Waals surface area (Å²) < 4.78 is 0. The number of hydrogen-bond acceptors (Lipinski definition) is 3. The molecule has 0 atom stereocenters. The number of carbonyl (C=O) groups is 1. The van der Waals surface area contributed by atoms with Crippen LogP contribution in [0.1, 0.15) is 44.4 Å². The van der Waals surface area contributed by atoms with Crippen LogP contribution in [0.25, 0.3) is 17.3 Å². The molecule has 2 aromatic carbocycles. The van der Waals surface area contributed by atoms with Gasteiger partial charge >= 0.3 is 0 Å². The predicted octanol–water partition coefficient (Wildman–Crippen LogP) is 6.32. The summed E-state index contributed by atoms with van der Waals surface area (Å²) in [6.07, 6.45) is 4.38. The van der Waals surface area contributed by atoms with Crippen molar-refractivity contribution in [1.82, 2.24) is 4.98 Å². The highest BCUT2D eigenvalue weighted by Gasteiger charge is 2.12. The molecule has 1 N–H and O–H groups in total. The van der Waals surface area contributed by atoms with E-state index in [1.807, 2.05) is 23.6 Å². The first-order valence-corrected chi connectivity index (χ1v) is 10.4. The molecule has 1 heterocycles. The van der Waals surface area contributed by atoms with Crippen molar-refractivity contribution in [3.05, 3.63) is 76.7 Å². The maximum Gasteiger partial charge on any atom is 0.250 e. The Labute approximate surface area is 171 Å². The van der Waals surface area contributed by atoms with E-state index in [9.17, 15) is 4.79 Å². The highest BCUT2D eigenvalue weighted by molar-refractivity contribution is 7.14. The van der Waals surface area contributed by atoms with E-state index in [1.54, 1.807) is 6.08 Å². The van der Waals surface area contributed by atoms with Crippen molar-refractivity contribution in [3.8, 4) is 11.3 Å². The van der Waals surface area contributed by atoms with Crippen LogP contribution >= 0.6 is 11.3 Å². The Morgan fingerprint density at radius 1 is 1.07 bits per heavy atom. The maximum atomic E-state index is 12.2. The molecule has 0 saturated carbocycles. The number of nitrogens with zero attached hydrogens (tertiary/aromatic N) is 1. The molecule has 3 aromatic rings. The molecule has 1 aromatic heterocycles. The standard InChI is InChI=1S/C24H26N2OS/c1-5-17-6-11-19(12-7-17)21-16-28-23(25-21)26-22(27)15-10-18-8-13-20(14-9-18)24(2,3)4/h6-16H,5H2,1-4H3,(H,25,26,27)/b15-10+. The smallest absolute Gasteiger partial charge is 0.250 e. The van der Waals surface area contributed by atoms with Crippen LogP contribution in [0.4, 0.5) is 5.13 Å². The summed E-state index contributed by atoms with van der Waals surface area (Å²) in [5.74, 6) is -0.179. The number of nitrogens with one attached hydrogen (secondary N) is 1. The normalized spacial score (nSPS) is 11.7. The van der Waals surface area contributed by atoms with Crippen molar-refractivity contribution in [2.75, 3.05) is 5.32 Å². The number of benzene rings is 2. The van der Waals surface area contributed by atoms with Crippen molar-refractivity contribution in [1.29, 1.82) is 0 Å². The average Bonchev–Trinajstić information content (AvgIpc) is 3.14. The number of thiazole rings is 1. The molecule has 0 aliphatic rings. The number of hydrogen-bond donors (Lipinski definition) is 1. The Morgan fingerprint density at radius 2 is 1.75 bits per heavy atom. The average molecular weight is 391 g/mol. The molecule has 0 saturated heterocycles. The Bertz CT molecular complexity index is 961. The number of anilines is 1. The Balaban J connectivity index is 1.62. The van der Waals surface area contributed by atoms with Crippen molar-refractivity contribution in [2.45, 2.75) is 39.5 Å². The fourth-order valence-corrected chi connectivity index (χ4v) is 3.51. The van der Waals surface area contributed by atoms with E-state index in [2.05, 4.69) is 74.4 Å². The molecule has 1 amide bonds. The second-order valence-corrected chi connectivity index (χ2v) is 8.64. The second kappa shape index (κ2) is 8.53. The van der Waals surface area contributed by atoms with Crippen molar-refractivity contribution >= 4 is 28.5 Å². The number of rotatable bonds is 5. The van der Waals surface area contributed by atoms with E-state index in [1.165, 1.54) is 22.5 Å².